The summed E-state index contributed by atoms with van der Waals surface area (Å²) in [5, 5.41) is 5.58. The highest BCUT2D eigenvalue weighted by atomic mass is 16.2. The van der Waals surface area contributed by atoms with E-state index in [0.29, 0.717) is 11.3 Å². The maximum atomic E-state index is 12.5. The molecule has 29 heavy (non-hydrogen) atoms. The van der Waals surface area contributed by atoms with E-state index in [9.17, 15) is 9.59 Å². The van der Waals surface area contributed by atoms with Crippen LogP contribution in [0.1, 0.15) is 34.1 Å². The average molecular weight is 385 g/mol. The number of aromatic nitrogens is 1. The Bertz CT molecular complexity index is 1030. The summed E-state index contributed by atoms with van der Waals surface area (Å²) in [5.74, 6) is -0.555. The van der Waals surface area contributed by atoms with Crippen LogP contribution in [0.2, 0.25) is 0 Å². The predicted octanol–water partition coefficient (Wildman–Crippen LogP) is 4.32. The molecule has 2 amide bonds. The maximum Gasteiger partial charge on any atom is 0.251 e. The minimum Gasteiger partial charge on any atom is -0.341 e. The predicted molar refractivity (Wildman–Crippen MR) is 116 cm³/mol. The van der Waals surface area contributed by atoms with Gasteiger partial charge in [-0.05, 0) is 61.9 Å². The average Bonchev–Trinajstić information content (AvgIpc) is 2.73. The summed E-state index contributed by atoms with van der Waals surface area (Å²) < 4.78 is 0. The number of anilines is 1. The van der Waals surface area contributed by atoms with Gasteiger partial charge in [0.15, 0.2) is 0 Å². The molecule has 0 fully saturated rings. The lowest BCUT2D eigenvalue weighted by Gasteiger charge is -2.14. The van der Waals surface area contributed by atoms with Crippen molar-refractivity contribution in [1.29, 1.82) is 0 Å². The number of benzene rings is 2. The van der Waals surface area contributed by atoms with Crippen molar-refractivity contribution in [1.82, 2.24) is 10.3 Å². The highest BCUT2D eigenvalue weighted by Crippen LogP contribution is 2.14. The Morgan fingerprint density at radius 2 is 1.79 bits per heavy atom. The molecule has 0 saturated carbocycles. The zero-order chi connectivity index (χ0) is 20.6. The van der Waals surface area contributed by atoms with E-state index in [0.717, 1.165) is 16.8 Å². The molecule has 3 aromatic rings. The molecule has 5 nitrogen and oxygen atoms in total. The number of rotatable bonds is 6. The molecule has 1 atom stereocenters. The summed E-state index contributed by atoms with van der Waals surface area (Å²) in [6.07, 6.45) is 5.58. The van der Waals surface area contributed by atoms with Gasteiger partial charge >= 0.3 is 0 Å². The number of aryl methyl sites for hydroxylation is 1. The van der Waals surface area contributed by atoms with Crippen LogP contribution in [0.5, 0.6) is 0 Å². The summed E-state index contributed by atoms with van der Waals surface area (Å²) in [5.41, 5.74) is 3.98. The van der Waals surface area contributed by atoms with E-state index in [4.69, 9.17) is 0 Å². The smallest absolute Gasteiger partial charge is 0.251 e. The number of carbonyl (C=O) groups is 2. The summed E-state index contributed by atoms with van der Waals surface area (Å²) in [4.78, 5) is 29.1. The molecule has 0 spiro atoms. The van der Waals surface area contributed by atoms with Crippen LogP contribution >= 0.6 is 0 Å². The van der Waals surface area contributed by atoms with E-state index in [1.165, 1.54) is 0 Å². The monoisotopic (exact) mass is 385 g/mol. The Balaban J connectivity index is 1.61. The number of nitrogens with one attached hydrogen (secondary N) is 2. The van der Waals surface area contributed by atoms with Crippen molar-refractivity contribution in [2.45, 2.75) is 19.9 Å². The molecular formula is C24H23N3O2. The summed E-state index contributed by atoms with van der Waals surface area (Å²) >= 11 is 0. The van der Waals surface area contributed by atoms with Crippen LogP contribution in [0.3, 0.4) is 0 Å². The van der Waals surface area contributed by atoms with E-state index in [1.807, 2.05) is 73.7 Å². The van der Waals surface area contributed by atoms with Gasteiger partial charge in [0.1, 0.15) is 6.04 Å². The van der Waals surface area contributed by atoms with Gasteiger partial charge in [0.2, 0.25) is 5.91 Å². The van der Waals surface area contributed by atoms with Crippen molar-refractivity contribution < 1.29 is 9.59 Å². The van der Waals surface area contributed by atoms with Gasteiger partial charge in [0.05, 0.1) is 5.69 Å². The molecule has 0 saturated heterocycles. The van der Waals surface area contributed by atoms with Gasteiger partial charge in [-0.2, -0.15) is 0 Å². The van der Waals surface area contributed by atoms with Crippen LogP contribution < -0.4 is 10.6 Å². The minimum absolute atomic E-state index is 0.275. The number of hydrogen-bond acceptors (Lipinski definition) is 3. The van der Waals surface area contributed by atoms with E-state index in [-0.39, 0.29) is 11.8 Å². The molecule has 3 rings (SSSR count). The van der Waals surface area contributed by atoms with Crippen molar-refractivity contribution >= 4 is 29.7 Å². The highest BCUT2D eigenvalue weighted by molar-refractivity contribution is 6.01. The molecule has 0 aliphatic carbocycles. The highest BCUT2D eigenvalue weighted by Gasteiger charge is 2.16. The Hall–Kier alpha value is -3.73. The van der Waals surface area contributed by atoms with Gasteiger partial charge in [-0.15, -0.1) is 0 Å². The van der Waals surface area contributed by atoms with Crippen LogP contribution in [-0.2, 0) is 4.79 Å². The molecule has 2 aromatic carbocycles. The number of hydrogen-bond donors (Lipinski definition) is 2. The van der Waals surface area contributed by atoms with Crippen molar-refractivity contribution in [3.8, 4) is 0 Å². The third-order valence-corrected chi connectivity index (χ3v) is 4.31. The van der Waals surface area contributed by atoms with Crippen LogP contribution in [-0.4, -0.2) is 22.8 Å². The molecule has 2 N–H and O–H groups in total. The normalized spacial score (nSPS) is 11.8. The number of pyridine rings is 1. The lowest BCUT2D eigenvalue weighted by molar-refractivity contribution is -0.117. The Kier molecular flexibility index (Phi) is 6.53. The van der Waals surface area contributed by atoms with Crippen LogP contribution in [0.15, 0.2) is 72.9 Å². The summed E-state index contributed by atoms with van der Waals surface area (Å²) in [6.45, 7) is 3.58. The van der Waals surface area contributed by atoms with Crippen LogP contribution in [0.4, 0.5) is 5.69 Å². The van der Waals surface area contributed by atoms with Crippen LogP contribution in [0.25, 0.3) is 12.2 Å². The molecule has 0 aliphatic heterocycles. The quantitative estimate of drug-likeness (QED) is 0.664. The van der Waals surface area contributed by atoms with Gasteiger partial charge < -0.3 is 10.6 Å². The molecule has 1 unspecified atom stereocenters. The lowest BCUT2D eigenvalue weighted by Crippen LogP contribution is -2.41. The van der Waals surface area contributed by atoms with Crippen molar-refractivity contribution in [3.63, 3.8) is 0 Å². The number of nitrogens with zero attached hydrogens (tertiary/aromatic N) is 1. The fraction of sp³-hybridized carbons (Fsp3) is 0.125. The van der Waals surface area contributed by atoms with E-state index in [1.54, 1.807) is 25.3 Å². The lowest BCUT2D eigenvalue weighted by atomic mass is 10.1. The molecule has 0 aliphatic rings. The van der Waals surface area contributed by atoms with Gasteiger partial charge in [0.25, 0.3) is 5.91 Å². The molecule has 0 bridgehead atoms. The standard InChI is InChI=1S/C24H23N3O2/c1-17-7-5-9-20(15-17)24(29)26-18(2)23(28)27-22-11-6-8-19(16-22)12-13-21-10-3-4-14-25-21/h3-16,18H,1-2H3,(H,26,29)(H,27,28)/b13-12+. The van der Waals surface area contributed by atoms with E-state index >= 15 is 0 Å². The molecule has 1 aromatic heterocycles. The first-order valence-corrected chi connectivity index (χ1v) is 9.39. The fourth-order valence-corrected chi connectivity index (χ4v) is 2.76. The second kappa shape index (κ2) is 9.46. The van der Waals surface area contributed by atoms with E-state index < -0.39 is 6.04 Å². The van der Waals surface area contributed by atoms with Crippen molar-refractivity contribution in [2.75, 3.05) is 5.32 Å². The zero-order valence-corrected chi connectivity index (χ0v) is 16.4. The third kappa shape index (κ3) is 5.87. The largest absolute Gasteiger partial charge is 0.341 e. The first kappa shape index (κ1) is 20.0. The summed E-state index contributed by atoms with van der Waals surface area (Å²) in [6, 6.07) is 19.8. The Labute approximate surface area is 170 Å². The molecule has 146 valence electrons. The zero-order valence-electron chi connectivity index (χ0n) is 16.4. The van der Waals surface area contributed by atoms with Crippen molar-refractivity contribution in [3.05, 3.63) is 95.3 Å². The molecular weight excluding hydrogens is 362 g/mol. The SMILES string of the molecule is Cc1cccc(C(=O)NC(C)C(=O)Nc2cccc(/C=C/c3ccccn3)c2)c1. The van der Waals surface area contributed by atoms with Crippen LogP contribution in [0, 0.1) is 6.92 Å². The third-order valence-electron chi connectivity index (χ3n) is 4.31. The Morgan fingerprint density at radius 1 is 0.966 bits per heavy atom. The topological polar surface area (TPSA) is 71.1 Å². The van der Waals surface area contributed by atoms with Gasteiger partial charge in [-0.3, -0.25) is 14.6 Å². The van der Waals surface area contributed by atoms with Gasteiger partial charge in [-0.25, -0.2) is 0 Å². The first-order chi connectivity index (χ1) is 14.0. The van der Waals surface area contributed by atoms with Gasteiger partial charge in [-0.1, -0.05) is 42.0 Å². The fourth-order valence-electron chi connectivity index (χ4n) is 2.76. The Morgan fingerprint density at radius 3 is 2.55 bits per heavy atom. The molecule has 0 radical (unpaired) electrons. The summed E-state index contributed by atoms with van der Waals surface area (Å²) in [7, 11) is 0. The first-order valence-electron chi connectivity index (χ1n) is 9.39. The number of amides is 2. The number of carbonyl (C=O) groups excluding carboxylic acids is 2. The second-order valence-corrected chi connectivity index (χ2v) is 6.77. The van der Waals surface area contributed by atoms with Gasteiger partial charge in [0, 0.05) is 17.4 Å². The van der Waals surface area contributed by atoms with Crippen molar-refractivity contribution in [2.24, 2.45) is 0 Å². The maximum absolute atomic E-state index is 12.5. The minimum atomic E-state index is -0.671. The molecule has 5 heteroatoms. The molecule has 1 heterocycles. The van der Waals surface area contributed by atoms with E-state index in [2.05, 4.69) is 15.6 Å². The second-order valence-electron chi connectivity index (χ2n) is 6.77.